The molecular formula is C14H13N3O4S. The van der Waals surface area contributed by atoms with Crippen molar-refractivity contribution in [3.63, 3.8) is 0 Å². The van der Waals surface area contributed by atoms with E-state index in [0.717, 1.165) is 0 Å². The maximum Gasteiger partial charge on any atom is 0.271 e. The quantitative estimate of drug-likeness (QED) is 0.570. The summed E-state index contributed by atoms with van der Waals surface area (Å²) in [4.78, 5) is 11.7. The van der Waals surface area contributed by atoms with Crippen LogP contribution in [0.15, 0.2) is 58.5 Å². The summed E-state index contributed by atoms with van der Waals surface area (Å²) >= 11 is 0. The van der Waals surface area contributed by atoms with Crippen LogP contribution in [-0.4, -0.2) is 25.6 Å². The highest BCUT2D eigenvalue weighted by atomic mass is 32.2. The molecule has 0 saturated carbocycles. The predicted molar refractivity (Wildman–Crippen MR) is 81.0 cm³/mol. The van der Waals surface area contributed by atoms with Crippen LogP contribution in [0.4, 0.5) is 0 Å². The maximum absolute atomic E-state index is 11.8. The monoisotopic (exact) mass is 319 g/mol. The largest absolute Gasteiger partial charge is 0.508 e. The first kappa shape index (κ1) is 15.7. The first-order valence-electron chi connectivity index (χ1n) is 6.11. The lowest BCUT2D eigenvalue weighted by Crippen LogP contribution is -2.18. The number of amides is 1. The Labute approximate surface area is 127 Å². The smallest absolute Gasteiger partial charge is 0.271 e. The van der Waals surface area contributed by atoms with Crippen molar-refractivity contribution >= 4 is 22.1 Å². The van der Waals surface area contributed by atoms with Crippen molar-refractivity contribution in [2.45, 2.75) is 4.90 Å². The van der Waals surface area contributed by atoms with Gasteiger partial charge in [-0.15, -0.1) is 0 Å². The van der Waals surface area contributed by atoms with E-state index in [9.17, 15) is 18.3 Å². The van der Waals surface area contributed by atoms with Crippen LogP contribution in [0.5, 0.6) is 5.75 Å². The minimum absolute atomic E-state index is 0.0766. The Bertz CT molecular complexity index is 814. The highest BCUT2D eigenvalue weighted by Crippen LogP contribution is 2.09. The Morgan fingerprint density at radius 2 is 1.86 bits per heavy atom. The van der Waals surface area contributed by atoms with Gasteiger partial charge in [-0.2, -0.15) is 5.10 Å². The summed E-state index contributed by atoms with van der Waals surface area (Å²) in [5.74, 6) is -0.411. The summed E-state index contributed by atoms with van der Waals surface area (Å²) in [5.41, 5.74) is 3.15. The van der Waals surface area contributed by atoms with E-state index < -0.39 is 15.9 Å². The van der Waals surface area contributed by atoms with Gasteiger partial charge in [0.25, 0.3) is 5.91 Å². The molecule has 0 spiro atoms. The zero-order valence-electron chi connectivity index (χ0n) is 11.3. The van der Waals surface area contributed by atoms with Gasteiger partial charge >= 0.3 is 0 Å². The van der Waals surface area contributed by atoms with Crippen LogP contribution in [-0.2, 0) is 10.0 Å². The third-order valence-electron chi connectivity index (χ3n) is 2.69. The van der Waals surface area contributed by atoms with Gasteiger partial charge in [0.2, 0.25) is 10.0 Å². The number of phenolic OH excluding ortho intramolecular Hbond substituents is 1. The average molecular weight is 319 g/mol. The number of nitrogens with zero attached hydrogens (tertiary/aromatic N) is 1. The summed E-state index contributed by atoms with van der Waals surface area (Å²) in [5, 5.41) is 18.0. The first-order chi connectivity index (χ1) is 10.4. The van der Waals surface area contributed by atoms with Gasteiger partial charge in [-0.05, 0) is 42.0 Å². The summed E-state index contributed by atoms with van der Waals surface area (Å²) in [7, 11) is -3.79. The van der Waals surface area contributed by atoms with Crippen molar-refractivity contribution in [3.8, 4) is 5.75 Å². The second-order valence-electron chi connectivity index (χ2n) is 4.36. The van der Waals surface area contributed by atoms with Crippen molar-refractivity contribution in [2.24, 2.45) is 10.2 Å². The summed E-state index contributed by atoms with van der Waals surface area (Å²) in [6, 6.07) is 11.5. The molecule has 0 heterocycles. The Morgan fingerprint density at radius 3 is 2.45 bits per heavy atom. The Hall–Kier alpha value is -2.71. The molecule has 0 aromatic heterocycles. The second-order valence-corrected chi connectivity index (χ2v) is 5.92. The predicted octanol–water partition coefficient (Wildman–Crippen LogP) is 0.803. The number of primary sulfonamides is 1. The van der Waals surface area contributed by atoms with E-state index in [0.29, 0.717) is 5.56 Å². The van der Waals surface area contributed by atoms with E-state index >= 15 is 0 Å². The minimum Gasteiger partial charge on any atom is -0.508 e. The molecule has 2 aromatic rings. The molecule has 0 aliphatic rings. The molecule has 0 unspecified atom stereocenters. The molecule has 114 valence electrons. The third kappa shape index (κ3) is 4.14. The van der Waals surface area contributed by atoms with E-state index in [1.807, 2.05) is 0 Å². The number of hydrazone groups is 1. The molecule has 2 aromatic carbocycles. The van der Waals surface area contributed by atoms with Gasteiger partial charge in [-0.25, -0.2) is 19.0 Å². The van der Waals surface area contributed by atoms with Crippen molar-refractivity contribution < 1.29 is 18.3 Å². The maximum atomic E-state index is 11.8. The van der Waals surface area contributed by atoms with E-state index in [2.05, 4.69) is 10.5 Å². The van der Waals surface area contributed by atoms with E-state index in [1.54, 1.807) is 12.1 Å². The number of hydrogen-bond donors (Lipinski definition) is 3. The van der Waals surface area contributed by atoms with Gasteiger partial charge in [0.05, 0.1) is 11.1 Å². The normalized spacial score (nSPS) is 11.5. The van der Waals surface area contributed by atoms with Crippen LogP contribution in [0.25, 0.3) is 0 Å². The van der Waals surface area contributed by atoms with Crippen LogP contribution in [0.2, 0.25) is 0 Å². The molecule has 0 radical (unpaired) electrons. The fourth-order valence-electron chi connectivity index (χ4n) is 1.63. The van der Waals surface area contributed by atoms with Crippen LogP contribution < -0.4 is 10.6 Å². The zero-order valence-corrected chi connectivity index (χ0v) is 12.1. The fourth-order valence-corrected chi connectivity index (χ4v) is 2.15. The molecule has 2 rings (SSSR count). The second kappa shape index (κ2) is 6.37. The van der Waals surface area contributed by atoms with E-state index in [1.165, 1.54) is 42.6 Å². The number of rotatable bonds is 4. The molecule has 0 aliphatic carbocycles. The molecule has 0 bridgehead atoms. The molecule has 22 heavy (non-hydrogen) atoms. The standard InChI is InChI=1S/C14H13N3O4S/c15-22(20,21)13-6-4-11(5-7-13)14(19)17-16-9-10-2-1-3-12(18)8-10/h1-9,18H,(H,17,19)(H2,15,20,21)/b16-9+. The van der Waals surface area contributed by atoms with Gasteiger partial charge in [0.15, 0.2) is 0 Å². The molecular weight excluding hydrogens is 306 g/mol. The van der Waals surface area contributed by atoms with E-state index in [4.69, 9.17) is 5.14 Å². The zero-order chi connectivity index (χ0) is 16.2. The molecule has 0 saturated heterocycles. The van der Waals surface area contributed by atoms with Crippen molar-refractivity contribution in [1.82, 2.24) is 5.43 Å². The van der Waals surface area contributed by atoms with Gasteiger partial charge in [-0.1, -0.05) is 12.1 Å². The highest BCUT2D eigenvalue weighted by molar-refractivity contribution is 7.89. The first-order valence-corrected chi connectivity index (χ1v) is 7.66. The number of carbonyl (C=O) groups excluding carboxylic acids is 1. The number of phenols is 1. The summed E-state index contributed by atoms with van der Waals surface area (Å²) < 4.78 is 22.2. The molecule has 1 amide bonds. The number of hydrogen-bond acceptors (Lipinski definition) is 5. The molecule has 0 atom stereocenters. The van der Waals surface area contributed by atoms with Crippen molar-refractivity contribution in [1.29, 1.82) is 0 Å². The SMILES string of the molecule is NS(=O)(=O)c1ccc(C(=O)N/N=C/c2cccc(O)c2)cc1. The average Bonchev–Trinajstić information content (AvgIpc) is 2.46. The van der Waals surface area contributed by atoms with Crippen molar-refractivity contribution in [2.75, 3.05) is 0 Å². The van der Waals surface area contributed by atoms with Gasteiger partial charge in [0.1, 0.15) is 5.75 Å². The van der Waals surface area contributed by atoms with Gasteiger partial charge in [0, 0.05) is 5.56 Å². The lowest BCUT2D eigenvalue weighted by atomic mass is 10.2. The molecule has 8 heteroatoms. The Kier molecular flexibility index (Phi) is 4.54. The van der Waals surface area contributed by atoms with Crippen LogP contribution in [0.1, 0.15) is 15.9 Å². The topological polar surface area (TPSA) is 122 Å². The van der Waals surface area contributed by atoms with Gasteiger partial charge in [-0.3, -0.25) is 4.79 Å². The number of aromatic hydroxyl groups is 1. The molecule has 0 fully saturated rings. The number of carbonyl (C=O) groups is 1. The summed E-state index contributed by atoms with van der Waals surface area (Å²) in [6.45, 7) is 0. The fraction of sp³-hybridized carbons (Fsp3) is 0. The van der Waals surface area contributed by atoms with Crippen molar-refractivity contribution in [3.05, 3.63) is 59.7 Å². The number of benzene rings is 2. The lowest BCUT2D eigenvalue weighted by molar-refractivity contribution is 0.0955. The highest BCUT2D eigenvalue weighted by Gasteiger charge is 2.09. The molecule has 4 N–H and O–H groups in total. The van der Waals surface area contributed by atoms with Crippen LogP contribution in [0.3, 0.4) is 0 Å². The van der Waals surface area contributed by atoms with Crippen LogP contribution in [0, 0.1) is 0 Å². The number of sulfonamides is 1. The number of nitrogens with two attached hydrogens (primary N) is 1. The molecule has 0 aliphatic heterocycles. The van der Waals surface area contributed by atoms with Crippen LogP contribution >= 0.6 is 0 Å². The van der Waals surface area contributed by atoms with Gasteiger partial charge < -0.3 is 5.11 Å². The summed E-state index contributed by atoms with van der Waals surface area (Å²) in [6.07, 6.45) is 1.37. The Balaban J connectivity index is 2.03. The third-order valence-corrected chi connectivity index (χ3v) is 3.62. The number of nitrogens with one attached hydrogen (secondary N) is 1. The molecule has 7 nitrogen and oxygen atoms in total. The minimum atomic E-state index is -3.79. The Morgan fingerprint density at radius 1 is 1.18 bits per heavy atom. The lowest BCUT2D eigenvalue weighted by Gasteiger charge is -2.01. The van der Waals surface area contributed by atoms with E-state index in [-0.39, 0.29) is 16.2 Å².